The number of anilines is 1. The Hall–Kier alpha value is -1.73. The predicted molar refractivity (Wildman–Crippen MR) is 89.7 cm³/mol. The highest BCUT2D eigenvalue weighted by Crippen LogP contribution is 2.36. The van der Waals surface area contributed by atoms with Gasteiger partial charge in [0.05, 0.1) is 19.7 Å². The summed E-state index contributed by atoms with van der Waals surface area (Å²) in [7, 11) is 3.64. The molecule has 0 N–H and O–H groups in total. The topological polar surface area (TPSA) is 61.8 Å². The van der Waals surface area contributed by atoms with E-state index >= 15 is 0 Å². The largest absolute Gasteiger partial charge is 0.368 e. The SMILES string of the molecule is CN(C)C(=O)C1COC2(CN(c3ncccn3)C2)CN1CC1CC1. The normalized spacial score (nSPS) is 26.2. The van der Waals surface area contributed by atoms with Gasteiger partial charge in [0.2, 0.25) is 11.9 Å². The van der Waals surface area contributed by atoms with Crippen LogP contribution in [0.25, 0.3) is 0 Å². The van der Waals surface area contributed by atoms with Gasteiger partial charge in [-0.3, -0.25) is 9.69 Å². The van der Waals surface area contributed by atoms with Crippen molar-refractivity contribution in [3.05, 3.63) is 18.5 Å². The van der Waals surface area contributed by atoms with E-state index in [2.05, 4.69) is 19.8 Å². The Kier molecular flexibility index (Phi) is 3.92. The van der Waals surface area contributed by atoms with Crippen LogP contribution in [-0.4, -0.2) is 84.2 Å². The molecule has 0 bridgehead atoms. The summed E-state index contributed by atoms with van der Waals surface area (Å²) in [4.78, 5) is 27.3. The van der Waals surface area contributed by atoms with E-state index in [1.807, 2.05) is 20.2 Å². The maximum atomic E-state index is 12.5. The second-order valence-electron chi connectivity index (χ2n) is 7.52. The lowest BCUT2D eigenvalue weighted by Gasteiger charge is -2.55. The molecular weight excluding hydrogens is 306 g/mol. The lowest BCUT2D eigenvalue weighted by atomic mass is 9.90. The van der Waals surface area contributed by atoms with E-state index in [0.717, 1.165) is 38.0 Å². The molecule has 1 unspecified atom stereocenters. The minimum Gasteiger partial charge on any atom is -0.368 e. The van der Waals surface area contributed by atoms with Crippen LogP contribution in [0.2, 0.25) is 0 Å². The maximum Gasteiger partial charge on any atom is 0.241 e. The summed E-state index contributed by atoms with van der Waals surface area (Å²) < 4.78 is 6.18. The monoisotopic (exact) mass is 331 g/mol. The molecule has 4 rings (SSSR count). The van der Waals surface area contributed by atoms with Crippen LogP contribution in [0.3, 0.4) is 0 Å². The van der Waals surface area contributed by atoms with Crippen LogP contribution in [0.4, 0.5) is 5.95 Å². The fraction of sp³-hybridized carbons (Fsp3) is 0.706. The van der Waals surface area contributed by atoms with E-state index in [0.29, 0.717) is 6.61 Å². The van der Waals surface area contributed by atoms with Gasteiger partial charge in [-0.05, 0) is 24.8 Å². The van der Waals surface area contributed by atoms with Crippen LogP contribution in [0.5, 0.6) is 0 Å². The number of likely N-dealkylation sites (N-methyl/N-ethyl adjacent to an activating group) is 1. The van der Waals surface area contributed by atoms with Gasteiger partial charge in [-0.15, -0.1) is 0 Å². The third-order valence-corrected chi connectivity index (χ3v) is 5.19. The molecule has 0 aromatic carbocycles. The van der Waals surface area contributed by atoms with Crippen molar-refractivity contribution in [1.29, 1.82) is 0 Å². The highest BCUT2D eigenvalue weighted by Gasteiger charge is 2.52. The molecule has 7 nitrogen and oxygen atoms in total. The van der Waals surface area contributed by atoms with Crippen LogP contribution in [0.1, 0.15) is 12.8 Å². The zero-order valence-electron chi connectivity index (χ0n) is 14.4. The first-order valence-corrected chi connectivity index (χ1v) is 8.67. The predicted octanol–water partition coefficient (Wildman–Crippen LogP) is 0.234. The molecule has 1 aromatic heterocycles. The number of carbonyl (C=O) groups is 1. The van der Waals surface area contributed by atoms with Crippen molar-refractivity contribution in [1.82, 2.24) is 19.8 Å². The van der Waals surface area contributed by atoms with E-state index in [-0.39, 0.29) is 17.6 Å². The molecule has 3 fully saturated rings. The van der Waals surface area contributed by atoms with Crippen molar-refractivity contribution < 1.29 is 9.53 Å². The molecule has 1 atom stereocenters. The van der Waals surface area contributed by atoms with Gasteiger partial charge < -0.3 is 14.5 Å². The second kappa shape index (κ2) is 5.97. The number of rotatable bonds is 4. The summed E-state index contributed by atoms with van der Waals surface area (Å²) in [6, 6.07) is 1.68. The number of nitrogens with zero attached hydrogens (tertiary/aromatic N) is 5. The Morgan fingerprint density at radius 1 is 1.29 bits per heavy atom. The summed E-state index contributed by atoms with van der Waals surface area (Å²) in [5.74, 6) is 1.66. The van der Waals surface area contributed by atoms with Crippen LogP contribution in [0.15, 0.2) is 18.5 Å². The van der Waals surface area contributed by atoms with Crippen LogP contribution in [-0.2, 0) is 9.53 Å². The molecule has 1 aliphatic carbocycles. The van der Waals surface area contributed by atoms with Crippen LogP contribution in [0, 0.1) is 5.92 Å². The van der Waals surface area contributed by atoms with Gasteiger partial charge in [0, 0.05) is 39.6 Å². The lowest BCUT2D eigenvalue weighted by molar-refractivity contribution is -0.167. The molecule has 7 heteroatoms. The first-order valence-electron chi connectivity index (χ1n) is 8.67. The fourth-order valence-corrected chi connectivity index (χ4v) is 3.67. The molecule has 0 radical (unpaired) electrons. The molecule has 130 valence electrons. The number of morpholine rings is 1. The fourth-order valence-electron chi connectivity index (χ4n) is 3.67. The molecule has 1 amide bonds. The third kappa shape index (κ3) is 2.98. The number of amides is 1. The second-order valence-corrected chi connectivity index (χ2v) is 7.52. The number of hydrogen-bond donors (Lipinski definition) is 0. The van der Waals surface area contributed by atoms with Crippen molar-refractivity contribution in [2.75, 3.05) is 51.8 Å². The van der Waals surface area contributed by atoms with Crippen LogP contribution >= 0.6 is 0 Å². The molecule has 3 aliphatic rings. The zero-order valence-corrected chi connectivity index (χ0v) is 14.4. The molecule has 1 saturated carbocycles. The Balaban J connectivity index is 1.43. The molecule has 1 spiro atoms. The maximum absolute atomic E-state index is 12.5. The summed E-state index contributed by atoms with van der Waals surface area (Å²) in [5, 5.41) is 0. The molecule has 1 aromatic rings. The van der Waals surface area contributed by atoms with Crippen LogP contribution < -0.4 is 4.90 Å². The van der Waals surface area contributed by atoms with E-state index in [1.54, 1.807) is 17.3 Å². The first-order chi connectivity index (χ1) is 11.6. The molecule has 2 saturated heterocycles. The highest BCUT2D eigenvalue weighted by atomic mass is 16.5. The molecular formula is C17H25N5O2. The summed E-state index contributed by atoms with van der Waals surface area (Å²) >= 11 is 0. The average molecular weight is 331 g/mol. The standard InChI is InChI=1S/C17H25N5O2/c1-20(2)15(23)14-9-24-17(10-21(14)8-13-4-5-13)11-22(12-17)16-18-6-3-7-19-16/h3,6-7,13-14H,4-5,8-12H2,1-2H3. The van der Waals surface area contributed by atoms with Crippen molar-refractivity contribution in [3.8, 4) is 0 Å². The Morgan fingerprint density at radius 3 is 2.62 bits per heavy atom. The van der Waals surface area contributed by atoms with Crippen molar-refractivity contribution in [3.63, 3.8) is 0 Å². The Labute approximate surface area is 142 Å². The van der Waals surface area contributed by atoms with Gasteiger partial charge in [0.15, 0.2) is 0 Å². The summed E-state index contributed by atoms with van der Waals surface area (Å²) in [5.41, 5.74) is -0.183. The third-order valence-electron chi connectivity index (χ3n) is 5.19. The van der Waals surface area contributed by atoms with Gasteiger partial charge in [-0.2, -0.15) is 0 Å². The highest BCUT2D eigenvalue weighted by molar-refractivity contribution is 5.81. The molecule has 3 heterocycles. The smallest absolute Gasteiger partial charge is 0.241 e. The quantitative estimate of drug-likeness (QED) is 0.787. The zero-order chi connectivity index (χ0) is 16.7. The van der Waals surface area contributed by atoms with Crippen molar-refractivity contribution in [2.45, 2.75) is 24.5 Å². The number of aromatic nitrogens is 2. The number of ether oxygens (including phenoxy) is 1. The Bertz CT molecular complexity index is 598. The van der Waals surface area contributed by atoms with E-state index in [4.69, 9.17) is 4.74 Å². The molecule has 2 aliphatic heterocycles. The minimum absolute atomic E-state index is 0.145. The van der Waals surface area contributed by atoms with Crippen molar-refractivity contribution in [2.24, 2.45) is 5.92 Å². The van der Waals surface area contributed by atoms with Gasteiger partial charge in [-0.1, -0.05) is 0 Å². The van der Waals surface area contributed by atoms with Gasteiger partial charge >= 0.3 is 0 Å². The van der Waals surface area contributed by atoms with Gasteiger partial charge in [-0.25, -0.2) is 9.97 Å². The van der Waals surface area contributed by atoms with Crippen molar-refractivity contribution >= 4 is 11.9 Å². The van der Waals surface area contributed by atoms with E-state index < -0.39 is 0 Å². The summed E-state index contributed by atoms with van der Waals surface area (Å²) in [6.07, 6.45) is 6.11. The Morgan fingerprint density at radius 2 is 2.00 bits per heavy atom. The van der Waals surface area contributed by atoms with Gasteiger partial charge in [0.25, 0.3) is 0 Å². The van der Waals surface area contributed by atoms with Gasteiger partial charge in [0.1, 0.15) is 11.6 Å². The minimum atomic E-state index is -0.183. The first kappa shape index (κ1) is 15.8. The average Bonchev–Trinajstić information content (AvgIpc) is 3.36. The summed E-state index contributed by atoms with van der Waals surface area (Å²) in [6.45, 7) is 3.89. The number of carbonyl (C=O) groups excluding carboxylic acids is 1. The number of hydrogen-bond acceptors (Lipinski definition) is 6. The lowest BCUT2D eigenvalue weighted by Crippen LogP contribution is -2.73. The molecule has 24 heavy (non-hydrogen) atoms. The van der Waals surface area contributed by atoms with E-state index in [1.165, 1.54) is 12.8 Å². The van der Waals surface area contributed by atoms with E-state index in [9.17, 15) is 4.79 Å².